The van der Waals surface area contributed by atoms with Gasteiger partial charge in [0.2, 0.25) is 0 Å². The van der Waals surface area contributed by atoms with Gasteiger partial charge >= 0.3 is 0 Å². The molecule has 1 aliphatic rings. The topological polar surface area (TPSA) is 29.9 Å². The van der Waals surface area contributed by atoms with Crippen molar-refractivity contribution in [1.82, 2.24) is 15.1 Å². The molecule has 1 aromatic heterocycles. The van der Waals surface area contributed by atoms with Gasteiger partial charge in [0.25, 0.3) is 0 Å². The minimum Gasteiger partial charge on any atom is -0.310 e. The van der Waals surface area contributed by atoms with Gasteiger partial charge in [-0.05, 0) is 45.4 Å². The molecule has 0 radical (unpaired) electrons. The molecule has 0 bridgehead atoms. The minimum atomic E-state index is 0.715. The summed E-state index contributed by atoms with van der Waals surface area (Å²) in [6, 6.07) is 0.715. The molecule has 1 aliphatic carbocycles. The van der Waals surface area contributed by atoms with Crippen LogP contribution in [0.4, 0.5) is 0 Å². The molecule has 0 spiro atoms. The Labute approximate surface area is 117 Å². The molecule has 19 heavy (non-hydrogen) atoms. The van der Waals surface area contributed by atoms with Crippen LogP contribution in [0.1, 0.15) is 62.4 Å². The number of hydrogen-bond donors (Lipinski definition) is 1. The van der Waals surface area contributed by atoms with E-state index in [1.165, 1.54) is 55.5 Å². The summed E-state index contributed by atoms with van der Waals surface area (Å²) in [5.74, 6) is 0.991. The van der Waals surface area contributed by atoms with Gasteiger partial charge in [-0.2, -0.15) is 5.10 Å². The zero-order chi connectivity index (χ0) is 13.8. The third-order valence-corrected chi connectivity index (χ3v) is 4.77. The Hall–Kier alpha value is -0.830. The lowest BCUT2D eigenvalue weighted by atomic mass is 9.83. The van der Waals surface area contributed by atoms with E-state index in [1.54, 1.807) is 0 Å². The molecule has 3 nitrogen and oxygen atoms in total. The lowest BCUT2D eigenvalue weighted by Gasteiger charge is -2.29. The predicted octanol–water partition coefficient (Wildman–Crippen LogP) is 3.49. The summed E-state index contributed by atoms with van der Waals surface area (Å²) >= 11 is 0. The van der Waals surface area contributed by atoms with E-state index in [-0.39, 0.29) is 0 Å². The second-order valence-electron chi connectivity index (χ2n) is 6.16. The summed E-state index contributed by atoms with van der Waals surface area (Å²) in [6.07, 6.45) is 8.30. The summed E-state index contributed by atoms with van der Waals surface area (Å²) in [7, 11) is 2.03. The van der Waals surface area contributed by atoms with Crippen LogP contribution in [0.15, 0.2) is 0 Å². The molecule has 0 saturated heterocycles. The maximum atomic E-state index is 4.49. The van der Waals surface area contributed by atoms with E-state index < -0.39 is 0 Å². The standard InChI is InChI=1S/C16H29N3/c1-5-6-14-7-9-15(10-8-14)17-11-16-12(2)18-19(4)13(16)3/h14-15,17H,5-11H2,1-4H3. The van der Waals surface area contributed by atoms with E-state index >= 15 is 0 Å². The van der Waals surface area contributed by atoms with Crippen molar-refractivity contribution in [2.45, 2.75) is 71.9 Å². The highest BCUT2D eigenvalue weighted by molar-refractivity contribution is 5.24. The lowest BCUT2D eigenvalue weighted by molar-refractivity contribution is 0.277. The average molecular weight is 263 g/mol. The summed E-state index contributed by atoms with van der Waals surface area (Å²) in [6.45, 7) is 7.56. The van der Waals surface area contributed by atoms with Gasteiger partial charge < -0.3 is 5.32 Å². The summed E-state index contributed by atoms with van der Waals surface area (Å²) in [5.41, 5.74) is 3.86. The van der Waals surface area contributed by atoms with Crippen molar-refractivity contribution in [1.29, 1.82) is 0 Å². The van der Waals surface area contributed by atoms with Crippen LogP contribution >= 0.6 is 0 Å². The molecule has 1 N–H and O–H groups in total. The molecule has 1 saturated carbocycles. The van der Waals surface area contributed by atoms with E-state index in [9.17, 15) is 0 Å². The van der Waals surface area contributed by atoms with Crippen molar-refractivity contribution < 1.29 is 0 Å². The molecule has 3 heteroatoms. The van der Waals surface area contributed by atoms with Crippen molar-refractivity contribution in [3.63, 3.8) is 0 Å². The lowest BCUT2D eigenvalue weighted by Crippen LogP contribution is -2.33. The van der Waals surface area contributed by atoms with E-state index in [4.69, 9.17) is 0 Å². The maximum absolute atomic E-state index is 4.49. The second kappa shape index (κ2) is 6.56. The molecule has 1 fully saturated rings. The van der Waals surface area contributed by atoms with Gasteiger partial charge in [-0.3, -0.25) is 4.68 Å². The van der Waals surface area contributed by atoms with Gasteiger partial charge in [-0.25, -0.2) is 0 Å². The Kier molecular flexibility index (Phi) is 5.03. The second-order valence-corrected chi connectivity index (χ2v) is 6.16. The molecular weight excluding hydrogens is 234 g/mol. The van der Waals surface area contributed by atoms with Crippen molar-refractivity contribution in [3.05, 3.63) is 17.0 Å². The number of nitrogens with zero attached hydrogens (tertiary/aromatic N) is 2. The maximum Gasteiger partial charge on any atom is 0.0641 e. The van der Waals surface area contributed by atoms with Gasteiger partial charge in [0.1, 0.15) is 0 Å². The Bertz CT molecular complexity index is 400. The van der Waals surface area contributed by atoms with Crippen LogP contribution in [0.2, 0.25) is 0 Å². The summed E-state index contributed by atoms with van der Waals surface area (Å²) in [5, 5.41) is 8.23. The van der Waals surface area contributed by atoms with Crippen LogP contribution in [-0.4, -0.2) is 15.8 Å². The Morgan fingerprint density at radius 1 is 1.21 bits per heavy atom. The van der Waals surface area contributed by atoms with Crippen LogP contribution in [-0.2, 0) is 13.6 Å². The number of nitrogens with one attached hydrogen (secondary N) is 1. The van der Waals surface area contributed by atoms with Gasteiger partial charge in [-0.1, -0.05) is 19.8 Å². The van der Waals surface area contributed by atoms with E-state index in [2.05, 4.69) is 31.2 Å². The van der Waals surface area contributed by atoms with Gasteiger partial charge in [0.15, 0.2) is 0 Å². The quantitative estimate of drug-likeness (QED) is 0.881. The first-order valence-corrected chi connectivity index (χ1v) is 7.84. The fourth-order valence-corrected chi connectivity index (χ4v) is 3.38. The molecule has 0 atom stereocenters. The molecule has 0 unspecified atom stereocenters. The molecule has 108 valence electrons. The normalized spacial score (nSPS) is 23.8. The smallest absolute Gasteiger partial charge is 0.0641 e. The average Bonchev–Trinajstić information content (AvgIpc) is 2.64. The molecule has 0 aromatic carbocycles. The molecule has 0 aliphatic heterocycles. The van der Waals surface area contributed by atoms with Crippen LogP contribution in [0.5, 0.6) is 0 Å². The first-order chi connectivity index (χ1) is 9.11. The highest BCUT2D eigenvalue weighted by Crippen LogP contribution is 2.28. The fraction of sp³-hybridized carbons (Fsp3) is 0.812. The first-order valence-electron chi connectivity index (χ1n) is 7.84. The van der Waals surface area contributed by atoms with Gasteiger partial charge in [0.05, 0.1) is 5.69 Å². The highest BCUT2D eigenvalue weighted by atomic mass is 15.3. The number of aryl methyl sites for hydroxylation is 2. The zero-order valence-electron chi connectivity index (χ0n) is 13.0. The molecule has 0 amide bonds. The summed E-state index contributed by atoms with van der Waals surface area (Å²) in [4.78, 5) is 0. The Balaban J connectivity index is 1.80. The minimum absolute atomic E-state index is 0.715. The van der Waals surface area contributed by atoms with Gasteiger partial charge in [0, 0.05) is 30.9 Å². The third kappa shape index (κ3) is 3.59. The highest BCUT2D eigenvalue weighted by Gasteiger charge is 2.20. The molecule has 2 rings (SSSR count). The predicted molar refractivity (Wildman–Crippen MR) is 80.2 cm³/mol. The molecule has 1 aromatic rings. The Morgan fingerprint density at radius 3 is 2.42 bits per heavy atom. The van der Waals surface area contributed by atoms with Crippen LogP contribution in [0.3, 0.4) is 0 Å². The monoisotopic (exact) mass is 263 g/mol. The largest absolute Gasteiger partial charge is 0.310 e. The third-order valence-electron chi connectivity index (χ3n) is 4.77. The number of aromatic nitrogens is 2. The van der Waals surface area contributed by atoms with Crippen molar-refractivity contribution >= 4 is 0 Å². The van der Waals surface area contributed by atoms with E-state index in [0.29, 0.717) is 6.04 Å². The first kappa shape index (κ1) is 14.6. The van der Waals surface area contributed by atoms with Crippen molar-refractivity contribution in [2.75, 3.05) is 0 Å². The zero-order valence-corrected chi connectivity index (χ0v) is 13.0. The van der Waals surface area contributed by atoms with Crippen LogP contribution in [0.25, 0.3) is 0 Å². The van der Waals surface area contributed by atoms with Crippen molar-refractivity contribution in [3.8, 4) is 0 Å². The number of rotatable bonds is 5. The van der Waals surface area contributed by atoms with Crippen molar-refractivity contribution in [2.24, 2.45) is 13.0 Å². The Morgan fingerprint density at radius 2 is 1.89 bits per heavy atom. The fourth-order valence-electron chi connectivity index (χ4n) is 3.38. The number of hydrogen-bond acceptors (Lipinski definition) is 2. The van der Waals surface area contributed by atoms with Crippen LogP contribution < -0.4 is 5.32 Å². The van der Waals surface area contributed by atoms with E-state index in [1.807, 2.05) is 11.7 Å². The van der Waals surface area contributed by atoms with Crippen LogP contribution in [0, 0.1) is 19.8 Å². The SMILES string of the molecule is CCCC1CCC(NCc2c(C)nn(C)c2C)CC1. The molecular formula is C16H29N3. The van der Waals surface area contributed by atoms with E-state index in [0.717, 1.165) is 12.5 Å². The van der Waals surface area contributed by atoms with Gasteiger partial charge in [-0.15, -0.1) is 0 Å². The molecule has 1 heterocycles. The summed E-state index contributed by atoms with van der Waals surface area (Å²) < 4.78 is 1.99.